The first-order valence-electron chi connectivity index (χ1n) is 10.9. The molecular formula is C23H29N5O2S. The molecule has 0 aliphatic carbocycles. The first kappa shape index (κ1) is 21.5. The lowest BCUT2D eigenvalue weighted by Gasteiger charge is -2.33. The van der Waals surface area contributed by atoms with Crippen molar-refractivity contribution in [3.8, 4) is 0 Å². The average Bonchev–Trinajstić information content (AvgIpc) is 3.12. The molecule has 1 aliphatic heterocycles. The van der Waals surface area contributed by atoms with Crippen molar-refractivity contribution in [2.75, 3.05) is 30.3 Å². The third-order valence-corrected chi connectivity index (χ3v) is 6.93. The van der Waals surface area contributed by atoms with Crippen LogP contribution in [0.25, 0.3) is 10.2 Å². The van der Waals surface area contributed by atoms with Crippen molar-refractivity contribution in [3.63, 3.8) is 0 Å². The van der Waals surface area contributed by atoms with Gasteiger partial charge >= 0.3 is 5.97 Å². The highest BCUT2D eigenvalue weighted by Gasteiger charge is 2.24. The Hall–Kier alpha value is -2.71. The van der Waals surface area contributed by atoms with E-state index in [2.05, 4.69) is 34.3 Å². The Balaban J connectivity index is 1.43. The second kappa shape index (κ2) is 9.62. The van der Waals surface area contributed by atoms with Gasteiger partial charge in [-0.05, 0) is 43.0 Å². The summed E-state index contributed by atoms with van der Waals surface area (Å²) < 4.78 is 0. The van der Waals surface area contributed by atoms with E-state index in [9.17, 15) is 9.90 Å². The molecule has 0 saturated carbocycles. The number of carboxylic acid groups (broad SMARTS) is 1. The van der Waals surface area contributed by atoms with Crippen molar-refractivity contribution in [3.05, 3.63) is 46.6 Å². The molecule has 1 fully saturated rings. The van der Waals surface area contributed by atoms with E-state index in [1.165, 1.54) is 11.3 Å². The summed E-state index contributed by atoms with van der Waals surface area (Å²) in [6, 6.07) is 8.63. The molecule has 0 aromatic carbocycles. The number of nitrogens with two attached hydrogens (primary N) is 1. The number of anilines is 2. The Morgan fingerprint density at radius 3 is 2.81 bits per heavy atom. The van der Waals surface area contributed by atoms with Gasteiger partial charge in [0.15, 0.2) is 0 Å². The minimum atomic E-state index is -0.984. The summed E-state index contributed by atoms with van der Waals surface area (Å²) in [6.07, 6.45) is 6.71. The highest BCUT2D eigenvalue weighted by molar-refractivity contribution is 7.21. The van der Waals surface area contributed by atoms with E-state index in [1.807, 2.05) is 18.3 Å². The number of aromatic nitrogens is 2. The first-order valence-corrected chi connectivity index (χ1v) is 11.7. The fraction of sp³-hybridized carbons (Fsp3) is 0.435. The lowest BCUT2D eigenvalue weighted by Crippen LogP contribution is -2.43. The van der Waals surface area contributed by atoms with E-state index in [1.54, 1.807) is 0 Å². The van der Waals surface area contributed by atoms with Gasteiger partial charge in [0.25, 0.3) is 0 Å². The SMILES string of the molecule is CCCc1cc(N2CCC(NCCc3ccccn3)CC2)nc2sc(C(=O)O)c(N)c12. The van der Waals surface area contributed by atoms with E-state index < -0.39 is 5.97 Å². The van der Waals surface area contributed by atoms with Gasteiger partial charge in [-0.2, -0.15) is 0 Å². The number of fused-ring (bicyclic) bond motifs is 1. The Morgan fingerprint density at radius 1 is 1.32 bits per heavy atom. The number of hydrogen-bond acceptors (Lipinski definition) is 7. The molecular weight excluding hydrogens is 410 g/mol. The fourth-order valence-electron chi connectivity index (χ4n) is 4.24. The van der Waals surface area contributed by atoms with Crippen LogP contribution in [0.4, 0.5) is 11.5 Å². The molecule has 8 heteroatoms. The molecule has 4 rings (SSSR count). The maximum absolute atomic E-state index is 11.5. The van der Waals surface area contributed by atoms with Gasteiger partial charge in [-0.15, -0.1) is 11.3 Å². The molecule has 7 nitrogen and oxygen atoms in total. The zero-order valence-electron chi connectivity index (χ0n) is 17.8. The number of carbonyl (C=O) groups is 1. The number of rotatable bonds is 8. The monoisotopic (exact) mass is 439 g/mol. The minimum Gasteiger partial charge on any atom is -0.477 e. The van der Waals surface area contributed by atoms with Gasteiger partial charge in [0.05, 0.1) is 5.69 Å². The van der Waals surface area contributed by atoms with Crippen LogP contribution in [-0.4, -0.2) is 46.7 Å². The summed E-state index contributed by atoms with van der Waals surface area (Å²) in [7, 11) is 0. The largest absolute Gasteiger partial charge is 0.477 e. The topological polar surface area (TPSA) is 104 Å². The van der Waals surface area contributed by atoms with Crippen molar-refractivity contribution >= 4 is 39.0 Å². The number of pyridine rings is 2. The lowest BCUT2D eigenvalue weighted by molar-refractivity contribution is 0.0703. The van der Waals surface area contributed by atoms with Crippen LogP contribution < -0.4 is 16.0 Å². The van der Waals surface area contributed by atoms with Crippen LogP contribution in [0.2, 0.25) is 0 Å². The van der Waals surface area contributed by atoms with Crippen LogP contribution >= 0.6 is 11.3 Å². The minimum absolute atomic E-state index is 0.188. The van der Waals surface area contributed by atoms with Crippen LogP contribution in [0.5, 0.6) is 0 Å². The van der Waals surface area contributed by atoms with Gasteiger partial charge in [0.2, 0.25) is 0 Å². The summed E-state index contributed by atoms with van der Waals surface area (Å²) in [4.78, 5) is 24.0. The van der Waals surface area contributed by atoms with E-state index >= 15 is 0 Å². The molecule has 0 atom stereocenters. The van der Waals surface area contributed by atoms with Crippen molar-refractivity contribution in [2.24, 2.45) is 0 Å². The third kappa shape index (κ3) is 4.80. The smallest absolute Gasteiger partial charge is 0.348 e. The molecule has 0 unspecified atom stereocenters. The van der Waals surface area contributed by atoms with Crippen LogP contribution in [0.15, 0.2) is 30.5 Å². The highest BCUT2D eigenvalue weighted by atomic mass is 32.1. The van der Waals surface area contributed by atoms with Crippen LogP contribution in [0.3, 0.4) is 0 Å². The maximum Gasteiger partial charge on any atom is 0.348 e. The predicted molar refractivity (Wildman–Crippen MR) is 126 cm³/mol. The quantitative estimate of drug-likeness (QED) is 0.491. The van der Waals surface area contributed by atoms with Crippen LogP contribution in [0.1, 0.15) is 47.1 Å². The van der Waals surface area contributed by atoms with Gasteiger partial charge in [0.1, 0.15) is 15.5 Å². The number of thiophene rings is 1. The highest BCUT2D eigenvalue weighted by Crippen LogP contribution is 2.37. The second-order valence-corrected chi connectivity index (χ2v) is 9.01. The number of aromatic carboxylic acids is 1. The normalized spacial score (nSPS) is 14.9. The Morgan fingerprint density at radius 2 is 2.13 bits per heavy atom. The summed E-state index contributed by atoms with van der Waals surface area (Å²) in [5, 5.41) is 13.9. The standard InChI is InChI=1S/C23H29N5O2S/c1-2-5-15-14-18(27-22-19(15)20(24)21(31-22)23(29)30)28-12-8-17(9-13-28)26-11-7-16-6-3-4-10-25-16/h3-4,6,10,14,17,26H,2,5,7-9,11-13,24H2,1H3,(H,29,30). The zero-order chi connectivity index (χ0) is 21.8. The third-order valence-electron chi connectivity index (χ3n) is 5.84. The van der Waals surface area contributed by atoms with Crippen molar-refractivity contribution in [2.45, 2.75) is 45.1 Å². The van der Waals surface area contributed by atoms with Gasteiger partial charge in [0, 0.05) is 49.4 Å². The number of carboxylic acids is 1. The Labute approximate surface area is 186 Å². The Kier molecular flexibility index (Phi) is 6.67. The molecule has 3 aromatic rings. The molecule has 4 N–H and O–H groups in total. The molecule has 0 spiro atoms. The summed E-state index contributed by atoms with van der Waals surface area (Å²) in [5.74, 6) is -0.0526. The van der Waals surface area contributed by atoms with E-state index in [0.29, 0.717) is 11.7 Å². The van der Waals surface area contributed by atoms with E-state index in [0.717, 1.165) is 79.0 Å². The summed E-state index contributed by atoms with van der Waals surface area (Å²) in [6.45, 7) is 4.91. The number of nitrogen functional groups attached to an aromatic ring is 1. The second-order valence-electron chi connectivity index (χ2n) is 8.01. The van der Waals surface area contributed by atoms with E-state index in [-0.39, 0.29) is 4.88 Å². The Bertz CT molecular complexity index is 1050. The summed E-state index contributed by atoms with van der Waals surface area (Å²) >= 11 is 1.18. The van der Waals surface area contributed by atoms with Gasteiger partial charge in [-0.25, -0.2) is 9.78 Å². The fourth-order valence-corrected chi connectivity index (χ4v) is 5.21. The number of piperidine rings is 1. The molecule has 0 radical (unpaired) electrons. The number of hydrogen-bond donors (Lipinski definition) is 3. The average molecular weight is 440 g/mol. The van der Waals surface area contributed by atoms with Gasteiger partial charge in [-0.3, -0.25) is 4.98 Å². The number of aryl methyl sites for hydroxylation is 1. The van der Waals surface area contributed by atoms with Crippen molar-refractivity contribution in [1.82, 2.24) is 15.3 Å². The molecule has 0 amide bonds. The molecule has 31 heavy (non-hydrogen) atoms. The van der Waals surface area contributed by atoms with Crippen LogP contribution in [-0.2, 0) is 12.8 Å². The maximum atomic E-state index is 11.5. The molecule has 4 heterocycles. The first-order chi connectivity index (χ1) is 15.1. The molecule has 164 valence electrons. The molecule has 0 bridgehead atoms. The van der Waals surface area contributed by atoms with Crippen molar-refractivity contribution in [1.29, 1.82) is 0 Å². The number of nitrogens with one attached hydrogen (secondary N) is 1. The van der Waals surface area contributed by atoms with E-state index in [4.69, 9.17) is 10.7 Å². The van der Waals surface area contributed by atoms with Crippen LogP contribution in [0, 0.1) is 0 Å². The summed E-state index contributed by atoms with van der Waals surface area (Å²) in [5.41, 5.74) is 8.73. The molecule has 3 aromatic heterocycles. The van der Waals surface area contributed by atoms with Gasteiger partial charge in [-0.1, -0.05) is 19.4 Å². The molecule has 1 aliphatic rings. The molecule has 1 saturated heterocycles. The van der Waals surface area contributed by atoms with Crippen molar-refractivity contribution < 1.29 is 9.90 Å². The lowest BCUT2D eigenvalue weighted by atomic mass is 10.0. The number of nitrogens with zero attached hydrogens (tertiary/aromatic N) is 3. The van der Waals surface area contributed by atoms with Gasteiger partial charge < -0.3 is 21.1 Å². The predicted octanol–water partition coefficient (Wildman–Crippen LogP) is 3.73. The zero-order valence-corrected chi connectivity index (χ0v) is 18.6.